The van der Waals surface area contributed by atoms with E-state index < -0.39 is 0 Å². The molecule has 0 atom stereocenters. The molecular weight excluding hydrogens is 1030 g/mol. The number of aromatic nitrogens is 12. The number of oxazole rings is 2. The molecule has 0 saturated heterocycles. The molecule has 80 heavy (non-hydrogen) atoms. The number of H-pyrrole nitrogens is 3. The van der Waals surface area contributed by atoms with Crippen LogP contribution in [0.25, 0.3) is 0 Å². The van der Waals surface area contributed by atoms with Crippen molar-refractivity contribution in [1.82, 2.24) is 59.1 Å². The lowest BCUT2D eigenvalue weighted by atomic mass is 10.1. The highest BCUT2D eigenvalue weighted by atomic mass is 32.1. The molecule has 8 aromatic rings. The molecule has 3 N–H and O–H groups in total. The number of nitrogens with zero attached hydrogens (tertiary/aromatic N) is 9. The molecule has 0 radical (unpaired) electrons. The molecule has 8 aromatic heterocycles. The van der Waals surface area contributed by atoms with E-state index in [1.165, 1.54) is 57.7 Å². The predicted molar refractivity (Wildman–Crippen MR) is 355 cm³/mol. The smallest absolute Gasteiger partial charge is 0.196 e. The van der Waals surface area contributed by atoms with Gasteiger partial charge in [-0.3, -0.25) is 20.0 Å². The first-order valence-corrected chi connectivity index (χ1v) is 31.6. The van der Waals surface area contributed by atoms with Crippen molar-refractivity contribution in [3.05, 3.63) is 143 Å². The van der Waals surface area contributed by atoms with Crippen LogP contribution in [0.5, 0.6) is 0 Å². The van der Waals surface area contributed by atoms with Crippen molar-refractivity contribution in [2.24, 2.45) is 0 Å². The van der Waals surface area contributed by atoms with Crippen molar-refractivity contribution in [3.8, 4) is 0 Å². The molecule has 14 nitrogen and oxygen atoms in total. The molecule has 0 aliphatic carbocycles. The van der Waals surface area contributed by atoms with Crippen molar-refractivity contribution in [2.45, 2.75) is 269 Å². The standard InChI is InChI=1S/4C6H10N2.2C6H9NO.2C6H9NS.8C2H6/c1-5(2)6-3-7-8-4-6;1-6(2)8-5-3-4-7-8;2*1-5(2)6-3-4-7-8-6;1-5(2)6-3-7-4-8-6;1-5(2)6-7-3-4-8-6;1-5(2)6-3-7-8-4-6;1-5(2)6-3-4-8-7-6;8*1-2/h3-5H,1-2H3,(H,7,8);3-6H,1-2H3;2*3-5H,1-2H3,(H,7,8);4*3-5H,1-2H3;8*1-2H3. The van der Waals surface area contributed by atoms with Crippen molar-refractivity contribution < 1.29 is 8.83 Å². The maximum Gasteiger partial charge on any atom is 0.196 e. The summed E-state index contributed by atoms with van der Waals surface area (Å²) in [6, 6.07) is 8.47. The second-order valence-corrected chi connectivity index (χ2v) is 18.2. The topological polar surface area (TPSA) is 182 Å². The lowest BCUT2D eigenvalue weighted by Gasteiger charge is -2.01. The minimum Gasteiger partial charge on any atom is -0.449 e. The van der Waals surface area contributed by atoms with Gasteiger partial charge in [-0.15, -0.1) is 0 Å². The van der Waals surface area contributed by atoms with Gasteiger partial charge in [-0.2, -0.15) is 24.8 Å². The Hall–Kier alpha value is -5.48. The van der Waals surface area contributed by atoms with E-state index in [9.17, 15) is 0 Å². The van der Waals surface area contributed by atoms with Crippen LogP contribution >= 0.6 is 23.1 Å². The second-order valence-electron chi connectivity index (χ2n) is 16.9. The van der Waals surface area contributed by atoms with Crippen LogP contribution in [0, 0.1) is 0 Å². The SMILES string of the molecule is CC.CC.CC.CC.CC.CC.CC.CC.CC(C)c1ccn[nH]1.CC(C)c1ccn[nH]1.CC(C)c1ccsn1.CC(C)c1cn[nH]c1.CC(C)c1cnco1.CC(C)c1cnsc1.CC(C)c1ncco1.CC(C)n1cccn1. The summed E-state index contributed by atoms with van der Waals surface area (Å²) >= 11 is 3.04. The van der Waals surface area contributed by atoms with Crippen LogP contribution < -0.4 is 0 Å². The zero-order chi connectivity index (χ0) is 63.9. The van der Waals surface area contributed by atoms with Gasteiger partial charge in [0.15, 0.2) is 12.3 Å². The van der Waals surface area contributed by atoms with E-state index in [-0.39, 0.29) is 0 Å². The maximum atomic E-state index is 4.98. The van der Waals surface area contributed by atoms with Crippen LogP contribution in [-0.2, 0) is 0 Å². The molecule has 0 aliphatic heterocycles. The molecule has 0 unspecified atom stereocenters. The van der Waals surface area contributed by atoms with E-state index in [0.717, 1.165) is 11.7 Å². The van der Waals surface area contributed by atoms with Crippen LogP contribution in [0.15, 0.2) is 112 Å². The van der Waals surface area contributed by atoms with Crippen molar-refractivity contribution in [2.75, 3.05) is 0 Å². The number of nitrogens with one attached hydrogen (secondary N) is 3. The summed E-state index contributed by atoms with van der Waals surface area (Å²) in [5.74, 6) is 5.57. The van der Waals surface area contributed by atoms with Gasteiger partial charge in [-0.25, -0.2) is 14.3 Å². The van der Waals surface area contributed by atoms with E-state index in [4.69, 9.17) is 8.83 Å². The van der Waals surface area contributed by atoms with E-state index in [0.29, 0.717) is 47.5 Å². The minimum absolute atomic E-state index is 0.407. The van der Waals surface area contributed by atoms with Gasteiger partial charge in [0.05, 0.1) is 24.3 Å². The Bertz CT molecular complexity index is 1610. The Kier molecular flexibility index (Phi) is 79.2. The van der Waals surface area contributed by atoms with Gasteiger partial charge in [0.25, 0.3) is 0 Å². The van der Waals surface area contributed by atoms with Crippen LogP contribution in [0.2, 0.25) is 0 Å². The summed E-state index contributed by atoms with van der Waals surface area (Å²) in [6.45, 7) is 65.9. The summed E-state index contributed by atoms with van der Waals surface area (Å²) in [6.07, 6.45) is 19.4. The van der Waals surface area contributed by atoms with Gasteiger partial charge in [0, 0.05) is 77.2 Å². The Morgan fingerprint density at radius 2 is 1.00 bits per heavy atom. The molecule has 8 heterocycles. The van der Waals surface area contributed by atoms with Gasteiger partial charge in [0.1, 0.15) is 12.0 Å². The summed E-state index contributed by atoms with van der Waals surface area (Å²) in [4.78, 5) is 7.73. The lowest BCUT2D eigenvalue weighted by molar-refractivity contribution is 0.471. The number of aromatic amines is 3. The first kappa shape index (κ1) is 91.0. The Labute approximate surface area is 500 Å². The lowest BCUT2D eigenvalue weighted by Crippen LogP contribution is -1.99. The van der Waals surface area contributed by atoms with Gasteiger partial charge in [-0.05, 0) is 102 Å². The average Bonchev–Trinajstić information content (AvgIpc) is 4.34. The zero-order valence-electron chi connectivity index (χ0n) is 57.1. The molecule has 16 heteroatoms. The average molecular weight is 1160 g/mol. The fourth-order valence-corrected chi connectivity index (χ4v) is 5.74. The first-order valence-electron chi connectivity index (χ1n) is 30.0. The summed E-state index contributed by atoms with van der Waals surface area (Å²) in [5.41, 5.74) is 6.21. The zero-order valence-corrected chi connectivity index (χ0v) is 58.7. The van der Waals surface area contributed by atoms with Crippen LogP contribution in [0.1, 0.15) is 309 Å². The third-order valence-corrected chi connectivity index (χ3v) is 9.84. The summed E-state index contributed by atoms with van der Waals surface area (Å²) in [7, 11) is 0. The molecule has 8 rings (SSSR count). The van der Waals surface area contributed by atoms with Crippen LogP contribution in [0.3, 0.4) is 0 Å². The van der Waals surface area contributed by atoms with Crippen molar-refractivity contribution >= 4 is 23.1 Å². The third-order valence-electron chi connectivity index (χ3n) is 8.66. The molecule has 0 fully saturated rings. The highest BCUT2D eigenvalue weighted by Gasteiger charge is 2.02. The molecule has 0 bridgehead atoms. The Morgan fingerprint density at radius 3 is 1.18 bits per heavy atom. The summed E-state index contributed by atoms with van der Waals surface area (Å²) < 4.78 is 20.0. The van der Waals surface area contributed by atoms with Crippen LogP contribution in [-0.4, -0.2) is 59.1 Å². The largest absolute Gasteiger partial charge is 0.449 e. The minimum atomic E-state index is 0.407. The highest BCUT2D eigenvalue weighted by molar-refractivity contribution is 7.03. The van der Waals surface area contributed by atoms with Crippen molar-refractivity contribution in [3.63, 3.8) is 0 Å². The van der Waals surface area contributed by atoms with Crippen molar-refractivity contribution in [1.29, 1.82) is 0 Å². The van der Waals surface area contributed by atoms with Gasteiger partial charge in [0.2, 0.25) is 0 Å². The molecular formula is C64H124N12O2S2. The quantitative estimate of drug-likeness (QED) is 0.132. The normalized spacial score (nSPS) is 8.90. The molecule has 464 valence electrons. The van der Waals surface area contributed by atoms with E-state index >= 15 is 0 Å². The molecule has 0 aliphatic rings. The van der Waals surface area contributed by atoms with E-state index in [1.54, 1.807) is 37.2 Å². The molecule has 0 amide bonds. The predicted octanol–water partition coefficient (Wildman–Crippen LogP) is 22.4. The highest BCUT2D eigenvalue weighted by Crippen LogP contribution is 2.15. The number of hydrogen-bond acceptors (Lipinski definition) is 12. The maximum absolute atomic E-state index is 4.98. The Morgan fingerprint density at radius 1 is 0.487 bits per heavy atom. The fraction of sp³-hybridized carbons (Fsp3) is 0.625. The number of hydrogen-bond donors (Lipinski definition) is 3. The summed E-state index contributed by atoms with van der Waals surface area (Å²) in [5, 5.41) is 28.1. The second kappa shape index (κ2) is 69.6. The van der Waals surface area contributed by atoms with E-state index in [2.05, 4.69) is 163 Å². The third kappa shape index (κ3) is 54.5. The fourth-order valence-electron chi connectivity index (χ4n) is 4.39. The van der Waals surface area contributed by atoms with E-state index in [1.807, 2.05) is 178 Å². The monoisotopic (exact) mass is 1160 g/mol. The molecule has 0 saturated carbocycles. The Balaban J connectivity index is -0.000000119. The van der Waals surface area contributed by atoms with Gasteiger partial charge >= 0.3 is 0 Å². The number of rotatable bonds is 8. The first-order chi connectivity index (χ1) is 38.4. The molecule has 0 aromatic carbocycles. The molecule has 0 spiro atoms. The van der Waals surface area contributed by atoms with Crippen LogP contribution in [0.4, 0.5) is 0 Å². The van der Waals surface area contributed by atoms with Gasteiger partial charge < -0.3 is 8.83 Å². The van der Waals surface area contributed by atoms with Gasteiger partial charge in [-0.1, -0.05) is 208 Å².